The fourth-order valence-corrected chi connectivity index (χ4v) is 4.38. The molecule has 1 saturated carbocycles. The third-order valence-electron chi connectivity index (χ3n) is 3.91. The third-order valence-corrected chi connectivity index (χ3v) is 5.55. The first-order chi connectivity index (χ1) is 9.67. The van der Waals surface area contributed by atoms with Gasteiger partial charge in [0.1, 0.15) is 4.99 Å². The van der Waals surface area contributed by atoms with Crippen molar-refractivity contribution in [2.24, 2.45) is 11.1 Å². The quantitative estimate of drug-likeness (QED) is 0.815. The molecule has 1 atom stereocenters. The summed E-state index contributed by atoms with van der Waals surface area (Å²) < 4.78 is 27.3. The molecule has 0 spiro atoms. The van der Waals surface area contributed by atoms with E-state index in [9.17, 15) is 8.42 Å². The molecular weight excluding hydrogens is 304 g/mol. The predicted molar refractivity (Wildman–Crippen MR) is 89.5 cm³/mol. The van der Waals surface area contributed by atoms with Gasteiger partial charge in [0.2, 0.25) is 10.0 Å². The van der Waals surface area contributed by atoms with Crippen LogP contribution in [0.3, 0.4) is 0 Å². The van der Waals surface area contributed by atoms with Crippen LogP contribution in [0.1, 0.15) is 44.2 Å². The maximum absolute atomic E-state index is 12.2. The van der Waals surface area contributed by atoms with Crippen LogP contribution in [0.5, 0.6) is 0 Å². The number of hydrogen-bond acceptors (Lipinski definition) is 3. The second-order valence-electron chi connectivity index (χ2n) is 6.54. The van der Waals surface area contributed by atoms with Crippen molar-refractivity contribution in [3.63, 3.8) is 0 Å². The van der Waals surface area contributed by atoms with Crippen molar-refractivity contribution in [2.45, 2.75) is 44.9 Å². The summed E-state index contributed by atoms with van der Waals surface area (Å²) in [6.45, 7) is 4.35. The molecule has 116 valence electrons. The van der Waals surface area contributed by atoms with Crippen LogP contribution in [0.25, 0.3) is 0 Å². The van der Waals surface area contributed by atoms with Gasteiger partial charge < -0.3 is 5.73 Å². The predicted octanol–water partition coefficient (Wildman–Crippen LogP) is 2.32. The van der Waals surface area contributed by atoms with Gasteiger partial charge in [-0.3, -0.25) is 0 Å². The van der Waals surface area contributed by atoms with Crippen molar-refractivity contribution in [3.05, 3.63) is 35.4 Å². The topological polar surface area (TPSA) is 72.2 Å². The Labute approximate surface area is 132 Å². The van der Waals surface area contributed by atoms with Gasteiger partial charge in [-0.1, -0.05) is 50.3 Å². The lowest BCUT2D eigenvalue weighted by atomic mass is 9.92. The lowest BCUT2D eigenvalue weighted by Gasteiger charge is -2.18. The second-order valence-corrected chi connectivity index (χ2v) is 8.74. The van der Waals surface area contributed by atoms with Crippen LogP contribution in [0, 0.1) is 5.41 Å². The molecule has 1 aromatic carbocycles. The molecular formula is C15H22N2O2S2. The average Bonchev–Trinajstić information content (AvgIpc) is 2.67. The molecule has 0 bridgehead atoms. The third kappa shape index (κ3) is 4.76. The molecule has 0 saturated heterocycles. The molecule has 1 aromatic rings. The van der Waals surface area contributed by atoms with E-state index in [0.29, 0.717) is 4.99 Å². The Hall–Kier alpha value is -0.980. The van der Waals surface area contributed by atoms with E-state index in [-0.39, 0.29) is 17.2 Å². The zero-order valence-corrected chi connectivity index (χ0v) is 14.1. The van der Waals surface area contributed by atoms with Gasteiger partial charge in [-0.05, 0) is 30.2 Å². The molecule has 2 rings (SSSR count). The molecule has 0 aromatic heterocycles. The fourth-order valence-electron chi connectivity index (χ4n) is 2.82. The Bertz CT molecular complexity index is 622. The first-order valence-electron chi connectivity index (χ1n) is 7.06. The van der Waals surface area contributed by atoms with Crippen molar-refractivity contribution in [2.75, 3.05) is 0 Å². The molecule has 21 heavy (non-hydrogen) atoms. The van der Waals surface area contributed by atoms with E-state index in [1.165, 1.54) is 0 Å². The summed E-state index contributed by atoms with van der Waals surface area (Å²) >= 11 is 4.88. The first kappa shape index (κ1) is 16.4. The Morgan fingerprint density at radius 3 is 2.48 bits per heavy atom. The lowest BCUT2D eigenvalue weighted by molar-refractivity contribution is 0.372. The van der Waals surface area contributed by atoms with Gasteiger partial charge in [-0.25, -0.2) is 13.1 Å². The minimum atomic E-state index is -3.32. The lowest BCUT2D eigenvalue weighted by Crippen LogP contribution is -2.34. The normalized spacial score (nSPS) is 21.3. The van der Waals surface area contributed by atoms with Gasteiger partial charge in [0, 0.05) is 11.6 Å². The van der Waals surface area contributed by atoms with Gasteiger partial charge >= 0.3 is 0 Å². The minimum Gasteiger partial charge on any atom is -0.389 e. The SMILES string of the molecule is CC1(C)CCC(NS(=O)(=O)Cc2ccc(C(N)=S)cc2)C1. The highest BCUT2D eigenvalue weighted by Gasteiger charge is 2.33. The molecule has 0 amide bonds. The molecule has 6 heteroatoms. The maximum atomic E-state index is 12.2. The highest BCUT2D eigenvalue weighted by atomic mass is 32.2. The molecule has 3 N–H and O–H groups in total. The number of thiocarbonyl (C=S) groups is 1. The van der Waals surface area contributed by atoms with Crippen LogP contribution >= 0.6 is 12.2 Å². The summed E-state index contributed by atoms with van der Waals surface area (Å²) in [5.74, 6) is -0.0124. The highest BCUT2D eigenvalue weighted by molar-refractivity contribution is 7.88. The maximum Gasteiger partial charge on any atom is 0.216 e. The van der Waals surface area contributed by atoms with Gasteiger partial charge in [-0.15, -0.1) is 0 Å². The van der Waals surface area contributed by atoms with Crippen molar-refractivity contribution in [1.29, 1.82) is 0 Å². The molecule has 1 fully saturated rings. The summed E-state index contributed by atoms with van der Waals surface area (Å²) in [6.07, 6.45) is 2.86. The van der Waals surface area contributed by atoms with Crippen LogP contribution < -0.4 is 10.5 Å². The largest absolute Gasteiger partial charge is 0.389 e. The first-order valence-corrected chi connectivity index (χ1v) is 9.12. The molecule has 1 aliphatic rings. The molecule has 0 aliphatic heterocycles. The van der Waals surface area contributed by atoms with E-state index < -0.39 is 10.0 Å². The van der Waals surface area contributed by atoms with Crippen LogP contribution in [0.4, 0.5) is 0 Å². The summed E-state index contributed by atoms with van der Waals surface area (Å²) in [5, 5.41) is 0. The Balaban J connectivity index is 1.99. The number of sulfonamides is 1. The van der Waals surface area contributed by atoms with Gasteiger partial charge in [-0.2, -0.15) is 0 Å². The molecule has 1 unspecified atom stereocenters. The standard InChI is InChI=1S/C15H22N2O2S2/c1-15(2)8-7-13(9-15)17-21(18,19)10-11-3-5-12(6-4-11)14(16)20/h3-6,13,17H,7-10H2,1-2H3,(H2,16,20). The highest BCUT2D eigenvalue weighted by Crippen LogP contribution is 2.37. The van der Waals surface area contributed by atoms with Crippen LogP contribution in [-0.4, -0.2) is 19.4 Å². The zero-order valence-electron chi connectivity index (χ0n) is 12.4. The van der Waals surface area contributed by atoms with E-state index in [0.717, 1.165) is 30.4 Å². The minimum absolute atomic E-state index is 0.0124. The number of benzene rings is 1. The Morgan fingerprint density at radius 2 is 2.00 bits per heavy atom. The number of hydrogen-bond donors (Lipinski definition) is 2. The second kappa shape index (κ2) is 6.02. The van der Waals surface area contributed by atoms with Crippen molar-refractivity contribution in [1.82, 2.24) is 4.72 Å². The number of nitrogens with two attached hydrogens (primary N) is 1. The Morgan fingerprint density at radius 1 is 1.38 bits per heavy atom. The van der Waals surface area contributed by atoms with E-state index >= 15 is 0 Å². The van der Waals surface area contributed by atoms with Crippen molar-refractivity contribution in [3.8, 4) is 0 Å². The smallest absolute Gasteiger partial charge is 0.216 e. The molecule has 1 aliphatic carbocycles. The van der Waals surface area contributed by atoms with E-state index in [1.54, 1.807) is 24.3 Å². The average molecular weight is 326 g/mol. The summed E-state index contributed by atoms with van der Waals surface area (Å²) in [7, 11) is -3.32. The van der Waals surface area contributed by atoms with Gasteiger partial charge in [0.05, 0.1) is 5.75 Å². The number of rotatable bonds is 5. The van der Waals surface area contributed by atoms with Crippen LogP contribution in [0.2, 0.25) is 0 Å². The van der Waals surface area contributed by atoms with Crippen LogP contribution in [0.15, 0.2) is 24.3 Å². The summed E-state index contributed by atoms with van der Waals surface area (Å²) in [5.41, 5.74) is 7.24. The van der Waals surface area contributed by atoms with E-state index in [4.69, 9.17) is 18.0 Å². The Kier molecular flexibility index (Phi) is 4.70. The molecule has 0 radical (unpaired) electrons. The zero-order chi connectivity index (χ0) is 15.7. The van der Waals surface area contributed by atoms with Crippen molar-refractivity contribution >= 4 is 27.2 Å². The van der Waals surface area contributed by atoms with Gasteiger partial charge in [0.15, 0.2) is 0 Å². The monoisotopic (exact) mass is 326 g/mol. The summed E-state index contributed by atoms with van der Waals surface area (Å²) in [4.78, 5) is 0.315. The van der Waals surface area contributed by atoms with E-state index in [2.05, 4.69) is 18.6 Å². The fraction of sp³-hybridized carbons (Fsp3) is 0.533. The van der Waals surface area contributed by atoms with E-state index in [1.807, 2.05) is 0 Å². The molecule has 0 heterocycles. The van der Waals surface area contributed by atoms with Crippen LogP contribution in [-0.2, 0) is 15.8 Å². The summed E-state index contributed by atoms with van der Waals surface area (Å²) in [6, 6.07) is 7.08. The number of nitrogens with one attached hydrogen (secondary N) is 1. The van der Waals surface area contributed by atoms with Crippen molar-refractivity contribution < 1.29 is 8.42 Å². The van der Waals surface area contributed by atoms with Gasteiger partial charge in [0.25, 0.3) is 0 Å². The molecule has 4 nitrogen and oxygen atoms in total.